The van der Waals surface area contributed by atoms with Crippen LogP contribution in [0.15, 0.2) is 42.5 Å². The van der Waals surface area contributed by atoms with E-state index in [1.807, 2.05) is 65.0 Å². The molecule has 0 aliphatic heterocycles. The van der Waals surface area contributed by atoms with Crippen LogP contribution in [-0.2, 0) is 20.2 Å². The van der Waals surface area contributed by atoms with Crippen LogP contribution in [0.5, 0.6) is 0 Å². The number of amides is 1. The predicted octanol–water partition coefficient (Wildman–Crippen LogP) is 4.01. The fraction of sp³-hybridized carbons (Fsp3) is 0.381. The van der Waals surface area contributed by atoms with Gasteiger partial charge in [0.05, 0.1) is 11.9 Å². The highest BCUT2D eigenvalue weighted by Crippen LogP contribution is 2.33. The molecular weight excluding hydrogens is 360 g/mol. The summed E-state index contributed by atoms with van der Waals surface area (Å²) in [7, 11) is -3.63. The van der Waals surface area contributed by atoms with Gasteiger partial charge in [0, 0.05) is 5.69 Å². The maximum atomic E-state index is 12.6. The Bertz CT molecular complexity index is 944. The number of benzene rings is 2. The smallest absolute Gasteiger partial charge is 0.245 e. The monoisotopic (exact) mass is 388 g/mol. The van der Waals surface area contributed by atoms with Crippen LogP contribution in [0.2, 0.25) is 0 Å². The van der Waals surface area contributed by atoms with E-state index in [1.165, 1.54) is 4.31 Å². The van der Waals surface area contributed by atoms with Crippen molar-refractivity contribution in [1.29, 1.82) is 0 Å². The van der Waals surface area contributed by atoms with Crippen LogP contribution in [0.25, 0.3) is 0 Å². The summed E-state index contributed by atoms with van der Waals surface area (Å²) in [6, 6.07) is 12.9. The number of sulfonamides is 1. The zero-order chi connectivity index (χ0) is 20.4. The Morgan fingerprint density at radius 3 is 2.22 bits per heavy atom. The maximum absolute atomic E-state index is 12.6. The standard InChI is InChI=1S/C21H28N2O3S/c1-15-11-12-17(13-16(15)2)22-20(24)14-23(27(6,25)26)19-10-8-7-9-18(19)21(3,4)5/h7-13H,14H2,1-6H3,(H,22,24). The van der Waals surface area contributed by atoms with Crippen molar-refractivity contribution in [2.75, 3.05) is 22.4 Å². The zero-order valence-electron chi connectivity index (χ0n) is 16.8. The first-order valence-electron chi connectivity index (χ1n) is 8.84. The lowest BCUT2D eigenvalue weighted by Crippen LogP contribution is -2.38. The quantitative estimate of drug-likeness (QED) is 0.842. The van der Waals surface area contributed by atoms with Crippen LogP contribution >= 0.6 is 0 Å². The van der Waals surface area contributed by atoms with Gasteiger partial charge in [0.15, 0.2) is 0 Å². The Morgan fingerprint density at radius 1 is 1.04 bits per heavy atom. The van der Waals surface area contributed by atoms with Crippen molar-refractivity contribution in [2.24, 2.45) is 0 Å². The normalized spacial score (nSPS) is 11.9. The summed E-state index contributed by atoms with van der Waals surface area (Å²) in [5.41, 5.74) is 3.98. The van der Waals surface area contributed by atoms with Crippen molar-refractivity contribution in [2.45, 2.75) is 40.0 Å². The number of para-hydroxylation sites is 1. The number of hydrogen-bond acceptors (Lipinski definition) is 3. The second-order valence-corrected chi connectivity index (χ2v) is 9.79. The first-order chi connectivity index (χ1) is 12.4. The molecule has 0 fully saturated rings. The largest absolute Gasteiger partial charge is 0.325 e. The van der Waals surface area contributed by atoms with Crippen molar-refractivity contribution < 1.29 is 13.2 Å². The fourth-order valence-electron chi connectivity index (χ4n) is 2.86. The lowest BCUT2D eigenvalue weighted by Gasteiger charge is -2.29. The van der Waals surface area contributed by atoms with Gasteiger partial charge in [-0.2, -0.15) is 0 Å². The van der Waals surface area contributed by atoms with Crippen LogP contribution in [-0.4, -0.2) is 27.1 Å². The average Bonchev–Trinajstić information content (AvgIpc) is 2.54. The van der Waals surface area contributed by atoms with Crippen molar-refractivity contribution in [3.8, 4) is 0 Å². The third-order valence-corrected chi connectivity index (χ3v) is 5.59. The number of nitrogens with one attached hydrogen (secondary N) is 1. The molecule has 1 amide bonds. The van der Waals surface area contributed by atoms with E-state index in [0.29, 0.717) is 11.4 Å². The second kappa shape index (κ2) is 7.72. The number of rotatable bonds is 5. The van der Waals surface area contributed by atoms with Gasteiger partial charge in [0.2, 0.25) is 15.9 Å². The molecule has 146 valence electrons. The number of nitrogens with zero attached hydrogens (tertiary/aromatic N) is 1. The number of carbonyl (C=O) groups excluding carboxylic acids is 1. The predicted molar refractivity (Wildman–Crippen MR) is 112 cm³/mol. The van der Waals surface area contributed by atoms with Crippen molar-refractivity contribution >= 4 is 27.3 Å². The molecule has 2 aromatic rings. The molecular formula is C21H28N2O3S. The summed E-state index contributed by atoms with van der Waals surface area (Å²) in [6.45, 7) is 9.73. The van der Waals surface area contributed by atoms with Crippen LogP contribution in [0.4, 0.5) is 11.4 Å². The van der Waals surface area contributed by atoms with Crippen molar-refractivity contribution in [1.82, 2.24) is 0 Å². The number of carbonyl (C=O) groups is 1. The van der Waals surface area contributed by atoms with Crippen LogP contribution in [0.3, 0.4) is 0 Å². The SMILES string of the molecule is Cc1ccc(NC(=O)CN(c2ccccc2C(C)(C)C)S(C)(=O)=O)cc1C. The maximum Gasteiger partial charge on any atom is 0.245 e. The van der Waals surface area contributed by atoms with Crippen LogP contribution in [0.1, 0.15) is 37.5 Å². The molecule has 1 N–H and O–H groups in total. The number of aryl methyl sites for hydroxylation is 2. The van der Waals surface area contributed by atoms with E-state index in [2.05, 4.69) is 5.32 Å². The van der Waals surface area contributed by atoms with E-state index in [1.54, 1.807) is 12.1 Å². The third kappa shape index (κ3) is 5.32. The van der Waals surface area contributed by atoms with Gasteiger partial charge in [-0.15, -0.1) is 0 Å². The fourth-order valence-corrected chi connectivity index (χ4v) is 3.72. The summed E-state index contributed by atoms with van der Waals surface area (Å²) >= 11 is 0. The minimum Gasteiger partial charge on any atom is -0.325 e. The van der Waals surface area contributed by atoms with Gasteiger partial charge in [-0.1, -0.05) is 45.0 Å². The lowest BCUT2D eigenvalue weighted by molar-refractivity contribution is -0.114. The minimum absolute atomic E-state index is 0.260. The molecule has 0 aliphatic rings. The van der Waals surface area contributed by atoms with E-state index in [0.717, 1.165) is 22.9 Å². The first kappa shape index (κ1) is 21.0. The Hall–Kier alpha value is -2.34. The molecule has 6 heteroatoms. The van der Waals surface area contributed by atoms with Gasteiger partial charge in [0.1, 0.15) is 6.54 Å². The molecule has 5 nitrogen and oxygen atoms in total. The molecule has 2 aromatic carbocycles. The summed E-state index contributed by atoms with van der Waals surface area (Å²) < 4.78 is 26.1. The van der Waals surface area contributed by atoms with Crippen LogP contribution in [0, 0.1) is 13.8 Å². The molecule has 0 unspecified atom stereocenters. The van der Waals surface area contributed by atoms with Gasteiger partial charge >= 0.3 is 0 Å². The van der Waals surface area contributed by atoms with Crippen molar-refractivity contribution in [3.63, 3.8) is 0 Å². The van der Waals surface area contributed by atoms with Gasteiger partial charge < -0.3 is 5.32 Å². The van der Waals surface area contributed by atoms with E-state index in [9.17, 15) is 13.2 Å². The average molecular weight is 389 g/mol. The second-order valence-electron chi connectivity index (χ2n) is 7.88. The van der Waals surface area contributed by atoms with Crippen LogP contribution < -0.4 is 9.62 Å². The molecule has 0 spiro atoms. The van der Waals surface area contributed by atoms with E-state index < -0.39 is 10.0 Å². The highest BCUT2D eigenvalue weighted by molar-refractivity contribution is 7.92. The molecule has 0 saturated heterocycles. The molecule has 0 heterocycles. The molecule has 2 rings (SSSR count). The van der Waals surface area contributed by atoms with Crippen molar-refractivity contribution in [3.05, 3.63) is 59.2 Å². The zero-order valence-corrected chi connectivity index (χ0v) is 17.6. The van der Waals surface area contributed by atoms with Gasteiger partial charge in [-0.3, -0.25) is 9.10 Å². The van der Waals surface area contributed by atoms with E-state index in [-0.39, 0.29) is 17.9 Å². The minimum atomic E-state index is -3.63. The Kier molecular flexibility index (Phi) is 6.00. The summed E-state index contributed by atoms with van der Waals surface area (Å²) in [6.07, 6.45) is 1.12. The first-order valence-corrected chi connectivity index (χ1v) is 10.7. The molecule has 0 saturated carbocycles. The summed E-state index contributed by atoms with van der Waals surface area (Å²) in [5, 5.41) is 2.80. The Morgan fingerprint density at radius 2 is 1.67 bits per heavy atom. The third-order valence-electron chi connectivity index (χ3n) is 4.46. The van der Waals surface area contributed by atoms with E-state index >= 15 is 0 Å². The van der Waals surface area contributed by atoms with E-state index in [4.69, 9.17) is 0 Å². The number of anilines is 2. The van der Waals surface area contributed by atoms with Gasteiger partial charge in [-0.05, 0) is 54.2 Å². The van der Waals surface area contributed by atoms with Gasteiger partial charge in [-0.25, -0.2) is 8.42 Å². The number of hydrogen-bond donors (Lipinski definition) is 1. The van der Waals surface area contributed by atoms with Gasteiger partial charge in [0.25, 0.3) is 0 Å². The topological polar surface area (TPSA) is 66.5 Å². The Balaban J connectivity index is 2.34. The molecule has 27 heavy (non-hydrogen) atoms. The summed E-state index contributed by atoms with van der Waals surface area (Å²) in [4.78, 5) is 12.6. The molecule has 0 atom stereocenters. The highest BCUT2D eigenvalue weighted by Gasteiger charge is 2.27. The molecule has 0 aromatic heterocycles. The highest BCUT2D eigenvalue weighted by atomic mass is 32.2. The molecule has 0 bridgehead atoms. The summed E-state index contributed by atoms with van der Waals surface area (Å²) in [5.74, 6) is -0.382. The molecule has 0 aliphatic carbocycles. The Labute approximate surface area is 162 Å². The lowest BCUT2D eigenvalue weighted by atomic mass is 9.86. The molecule has 0 radical (unpaired) electrons.